The molecular formula is C15H18ClNO2. The highest BCUT2D eigenvalue weighted by Crippen LogP contribution is 2.27. The normalized spacial score (nSPS) is 12.4. The van der Waals surface area contributed by atoms with Crippen molar-refractivity contribution in [3.05, 3.63) is 52.4 Å². The Bertz CT molecular complexity index is 551. The first-order valence-corrected chi connectivity index (χ1v) is 6.58. The highest BCUT2D eigenvalue weighted by atomic mass is 35.5. The molecule has 0 fully saturated rings. The number of aryl methyl sites for hydroxylation is 1. The Balaban J connectivity index is 2.25. The first-order chi connectivity index (χ1) is 9.13. The van der Waals surface area contributed by atoms with Crippen molar-refractivity contribution in [2.24, 2.45) is 0 Å². The van der Waals surface area contributed by atoms with Crippen LogP contribution in [-0.4, -0.2) is 14.2 Å². The molecule has 1 N–H and O–H groups in total. The van der Waals surface area contributed by atoms with Crippen LogP contribution in [0.2, 0.25) is 5.22 Å². The van der Waals surface area contributed by atoms with Gasteiger partial charge in [0.1, 0.15) is 11.5 Å². The van der Waals surface area contributed by atoms with Crippen LogP contribution in [0, 0.1) is 6.92 Å². The molecule has 0 radical (unpaired) electrons. The van der Waals surface area contributed by atoms with Gasteiger partial charge in [-0.15, -0.1) is 0 Å². The quantitative estimate of drug-likeness (QED) is 0.905. The van der Waals surface area contributed by atoms with Gasteiger partial charge in [-0.1, -0.05) is 17.7 Å². The summed E-state index contributed by atoms with van der Waals surface area (Å²) in [4.78, 5) is 0. The molecule has 0 spiro atoms. The highest BCUT2D eigenvalue weighted by molar-refractivity contribution is 6.28. The summed E-state index contributed by atoms with van der Waals surface area (Å²) in [5.41, 5.74) is 2.36. The van der Waals surface area contributed by atoms with E-state index < -0.39 is 0 Å². The maximum Gasteiger partial charge on any atom is 0.193 e. The largest absolute Gasteiger partial charge is 0.496 e. The summed E-state index contributed by atoms with van der Waals surface area (Å²) in [5.74, 6) is 1.72. The van der Waals surface area contributed by atoms with Crippen LogP contribution >= 0.6 is 11.6 Å². The molecule has 0 aliphatic carbocycles. The average molecular weight is 280 g/mol. The Morgan fingerprint density at radius 1 is 1.32 bits per heavy atom. The summed E-state index contributed by atoms with van der Waals surface area (Å²) in [6.07, 6.45) is 0.783. The van der Waals surface area contributed by atoms with Crippen molar-refractivity contribution in [2.45, 2.75) is 19.4 Å². The van der Waals surface area contributed by atoms with Crippen molar-refractivity contribution in [1.29, 1.82) is 0 Å². The number of methoxy groups -OCH3 is 1. The molecular weight excluding hydrogens is 262 g/mol. The molecule has 0 aliphatic rings. The first-order valence-electron chi connectivity index (χ1n) is 6.20. The molecule has 1 atom stereocenters. The lowest BCUT2D eigenvalue weighted by Gasteiger charge is -2.16. The number of likely N-dealkylation sites (N-methyl/N-ethyl adjacent to an activating group) is 1. The summed E-state index contributed by atoms with van der Waals surface area (Å²) in [7, 11) is 3.59. The average Bonchev–Trinajstić information content (AvgIpc) is 2.82. The Morgan fingerprint density at radius 3 is 2.68 bits per heavy atom. The number of nitrogens with one attached hydrogen (secondary N) is 1. The second-order valence-corrected chi connectivity index (χ2v) is 4.88. The van der Waals surface area contributed by atoms with Crippen LogP contribution in [0.15, 0.2) is 34.7 Å². The molecule has 4 heteroatoms. The van der Waals surface area contributed by atoms with E-state index in [1.165, 1.54) is 5.56 Å². The highest BCUT2D eigenvalue weighted by Gasteiger charge is 2.16. The van der Waals surface area contributed by atoms with Gasteiger partial charge in [0.2, 0.25) is 0 Å². The standard InChI is InChI=1S/C15H18ClNO2/c1-10-4-5-13(18-3)11(8-10)9-12(17-2)14-6-7-15(16)19-14/h4-8,12,17H,9H2,1-3H3. The fourth-order valence-electron chi connectivity index (χ4n) is 2.15. The molecule has 0 aliphatic heterocycles. The number of hydrogen-bond donors (Lipinski definition) is 1. The number of benzene rings is 1. The van der Waals surface area contributed by atoms with E-state index in [1.54, 1.807) is 13.2 Å². The van der Waals surface area contributed by atoms with Crippen molar-refractivity contribution in [2.75, 3.05) is 14.2 Å². The zero-order chi connectivity index (χ0) is 13.8. The van der Waals surface area contributed by atoms with Crippen LogP contribution in [0.5, 0.6) is 5.75 Å². The van der Waals surface area contributed by atoms with E-state index in [0.717, 1.165) is 23.5 Å². The Labute approximate surface area is 118 Å². The third-order valence-corrected chi connectivity index (χ3v) is 3.35. The smallest absolute Gasteiger partial charge is 0.193 e. The predicted molar refractivity (Wildman–Crippen MR) is 77.0 cm³/mol. The fourth-order valence-corrected chi connectivity index (χ4v) is 2.30. The fraction of sp³-hybridized carbons (Fsp3) is 0.333. The van der Waals surface area contributed by atoms with Gasteiger partial charge in [-0.3, -0.25) is 0 Å². The van der Waals surface area contributed by atoms with Crippen LogP contribution in [-0.2, 0) is 6.42 Å². The molecule has 0 saturated heterocycles. The van der Waals surface area contributed by atoms with Gasteiger partial charge < -0.3 is 14.5 Å². The SMILES string of the molecule is CNC(Cc1cc(C)ccc1OC)c1ccc(Cl)o1. The predicted octanol–water partition coefficient (Wildman–Crippen LogP) is 3.75. The lowest BCUT2D eigenvalue weighted by molar-refractivity contribution is 0.397. The molecule has 1 unspecified atom stereocenters. The van der Waals surface area contributed by atoms with Crippen molar-refractivity contribution in [1.82, 2.24) is 5.32 Å². The molecule has 19 heavy (non-hydrogen) atoms. The molecule has 0 bridgehead atoms. The van der Waals surface area contributed by atoms with E-state index >= 15 is 0 Å². The Hall–Kier alpha value is -1.45. The Morgan fingerprint density at radius 2 is 2.11 bits per heavy atom. The summed E-state index contributed by atoms with van der Waals surface area (Å²) < 4.78 is 10.9. The van der Waals surface area contributed by atoms with E-state index in [1.807, 2.05) is 25.2 Å². The van der Waals surface area contributed by atoms with Gasteiger partial charge >= 0.3 is 0 Å². The first kappa shape index (κ1) is 14.0. The lowest BCUT2D eigenvalue weighted by Crippen LogP contribution is -2.18. The van der Waals surface area contributed by atoms with Crippen LogP contribution in [0.4, 0.5) is 0 Å². The van der Waals surface area contributed by atoms with Crippen LogP contribution < -0.4 is 10.1 Å². The maximum absolute atomic E-state index is 5.83. The summed E-state index contributed by atoms with van der Waals surface area (Å²) in [5, 5.41) is 3.65. The second-order valence-electron chi connectivity index (χ2n) is 4.50. The van der Waals surface area contributed by atoms with Crippen LogP contribution in [0.3, 0.4) is 0 Å². The topological polar surface area (TPSA) is 34.4 Å². The molecule has 3 nitrogen and oxygen atoms in total. The third-order valence-electron chi connectivity index (χ3n) is 3.15. The third kappa shape index (κ3) is 3.31. The minimum atomic E-state index is 0.0724. The van der Waals surface area contributed by atoms with Crippen molar-refractivity contribution >= 4 is 11.6 Å². The molecule has 102 valence electrons. The second kappa shape index (κ2) is 6.13. The van der Waals surface area contributed by atoms with Crippen molar-refractivity contribution < 1.29 is 9.15 Å². The van der Waals surface area contributed by atoms with Gasteiger partial charge in [-0.05, 0) is 55.8 Å². The Kier molecular flexibility index (Phi) is 4.51. The van der Waals surface area contributed by atoms with Gasteiger partial charge in [0, 0.05) is 0 Å². The number of halogens is 1. The van der Waals surface area contributed by atoms with E-state index in [9.17, 15) is 0 Å². The molecule has 2 aromatic rings. The van der Waals surface area contributed by atoms with E-state index in [-0.39, 0.29) is 6.04 Å². The lowest BCUT2D eigenvalue weighted by atomic mass is 10.0. The maximum atomic E-state index is 5.83. The molecule has 1 heterocycles. The molecule has 0 saturated carbocycles. The minimum Gasteiger partial charge on any atom is -0.496 e. The number of rotatable bonds is 5. The molecule has 1 aromatic carbocycles. The minimum absolute atomic E-state index is 0.0724. The van der Waals surface area contributed by atoms with Gasteiger partial charge in [0.25, 0.3) is 0 Å². The van der Waals surface area contributed by atoms with Crippen molar-refractivity contribution in [3.63, 3.8) is 0 Å². The number of ether oxygens (including phenoxy) is 1. The van der Waals surface area contributed by atoms with Gasteiger partial charge in [-0.2, -0.15) is 0 Å². The summed E-state index contributed by atoms with van der Waals surface area (Å²) in [6, 6.07) is 9.89. The van der Waals surface area contributed by atoms with E-state index in [2.05, 4.69) is 18.3 Å². The zero-order valence-corrected chi connectivity index (χ0v) is 12.1. The summed E-state index contributed by atoms with van der Waals surface area (Å²) in [6.45, 7) is 2.07. The van der Waals surface area contributed by atoms with Crippen molar-refractivity contribution in [3.8, 4) is 5.75 Å². The number of furan rings is 1. The zero-order valence-electron chi connectivity index (χ0n) is 11.4. The monoisotopic (exact) mass is 279 g/mol. The van der Waals surface area contributed by atoms with Gasteiger partial charge in [-0.25, -0.2) is 0 Å². The molecule has 2 rings (SSSR count). The van der Waals surface area contributed by atoms with Gasteiger partial charge in [0.15, 0.2) is 5.22 Å². The van der Waals surface area contributed by atoms with Gasteiger partial charge in [0.05, 0.1) is 13.2 Å². The van der Waals surface area contributed by atoms with Crippen LogP contribution in [0.1, 0.15) is 22.9 Å². The van der Waals surface area contributed by atoms with Crippen LogP contribution in [0.25, 0.3) is 0 Å². The number of hydrogen-bond acceptors (Lipinski definition) is 3. The molecule has 0 amide bonds. The molecule has 1 aromatic heterocycles. The van der Waals surface area contributed by atoms with E-state index in [4.69, 9.17) is 20.8 Å². The summed E-state index contributed by atoms with van der Waals surface area (Å²) >= 11 is 5.83. The van der Waals surface area contributed by atoms with E-state index in [0.29, 0.717) is 5.22 Å².